The zero-order chi connectivity index (χ0) is 14.5. The van der Waals surface area contributed by atoms with Crippen LogP contribution in [-0.4, -0.2) is 9.55 Å². The van der Waals surface area contributed by atoms with Gasteiger partial charge >= 0.3 is 0 Å². The van der Waals surface area contributed by atoms with Crippen molar-refractivity contribution in [3.05, 3.63) is 78.3 Å². The smallest absolute Gasteiger partial charge is 0.125 e. The monoisotopic (exact) mass is 281 g/mol. The Morgan fingerprint density at radius 3 is 2.76 bits per heavy atom. The molecule has 2 heterocycles. The highest BCUT2D eigenvalue weighted by atomic mass is 16.3. The molecule has 3 rings (SSSR count). The van der Waals surface area contributed by atoms with Gasteiger partial charge in [-0.1, -0.05) is 30.3 Å². The highest BCUT2D eigenvalue weighted by molar-refractivity contribution is 5.26. The summed E-state index contributed by atoms with van der Waals surface area (Å²) >= 11 is 0. The van der Waals surface area contributed by atoms with Crippen molar-refractivity contribution < 1.29 is 4.42 Å². The van der Waals surface area contributed by atoms with Gasteiger partial charge in [0.05, 0.1) is 18.8 Å². The quantitative estimate of drug-likeness (QED) is 0.753. The van der Waals surface area contributed by atoms with Crippen LogP contribution in [-0.2, 0) is 13.1 Å². The van der Waals surface area contributed by atoms with Crippen LogP contribution in [0.5, 0.6) is 0 Å². The minimum atomic E-state index is 0.0307. The average Bonchev–Trinajstić information content (AvgIpc) is 3.20. The Morgan fingerprint density at radius 2 is 2.05 bits per heavy atom. The van der Waals surface area contributed by atoms with Crippen molar-refractivity contribution in [2.45, 2.75) is 26.1 Å². The molecule has 4 heteroatoms. The van der Waals surface area contributed by atoms with Crippen LogP contribution in [0.2, 0.25) is 0 Å². The summed E-state index contributed by atoms with van der Waals surface area (Å²) in [6, 6.07) is 14.3. The summed E-state index contributed by atoms with van der Waals surface area (Å²) in [5.41, 5.74) is 1.18. The molecule has 0 aliphatic rings. The van der Waals surface area contributed by atoms with Gasteiger partial charge in [-0.25, -0.2) is 4.98 Å². The highest BCUT2D eigenvalue weighted by Crippen LogP contribution is 2.22. The molecule has 4 nitrogen and oxygen atoms in total. The van der Waals surface area contributed by atoms with E-state index >= 15 is 0 Å². The molecule has 0 saturated heterocycles. The maximum absolute atomic E-state index is 5.59. The first kappa shape index (κ1) is 13.6. The first-order valence-electron chi connectivity index (χ1n) is 7.20. The fraction of sp³-hybridized carbons (Fsp3) is 0.235. The summed E-state index contributed by atoms with van der Waals surface area (Å²) in [5, 5.41) is 3.54. The molecule has 0 fully saturated rings. The van der Waals surface area contributed by atoms with Gasteiger partial charge in [-0.2, -0.15) is 0 Å². The molecule has 1 N–H and O–H groups in total. The lowest BCUT2D eigenvalue weighted by molar-refractivity contribution is 0.439. The molecule has 0 aliphatic carbocycles. The van der Waals surface area contributed by atoms with E-state index in [0.717, 1.165) is 18.1 Å². The Balaban J connectivity index is 1.80. The standard InChI is InChI=1S/C17H19N3O/c1-2-20-11-10-18-16(20)13-19-17(15-9-6-12-21-15)14-7-4-3-5-8-14/h3-12,17,19H,2,13H2,1H3. The van der Waals surface area contributed by atoms with E-state index in [2.05, 4.69) is 33.9 Å². The maximum atomic E-state index is 5.59. The summed E-state index contributed by atoms with van der Waals surface area (Å²) in [6.07, 6.45) is 5.55. The molecule has 0 radical (unpaired) electrons. The average molecular weight is 281 g/mol. The topological polar surface area (TPSA) is 43.0 Å². The minimum absolute atomic E-state index is 0.0307. The van der Waals surface area contributed by atoms with Crippen molar-refractivity contribution in [1.82, 2.24) is 14.9 Å². The number of furan rings is 1. The zero-order valence-electron chi connectivity index (χ0n) is 12.1. The van der Waals surface area contributed by atoms with Crippen LogP contribution >= 0.6 is 0 Å². The van der Waals surface area contributed by atoms with E-state index in [1.807, 2.05) is 42.7 Å². The summed E-state index contributed by atoms with van der Waals surface area (Å²) in [4.78, 5) is 4.40. The first-order valence-corrected chi connectivity index (χ1v) is 7.20. The molecule has 3 aromatic rings. The van der Waals surface area contributed by atoms with E-state index in [4.69, 9.17) is 4.42 Å². The van der Waals surface area contributed by atoms with Crippen LogP contribution in [0.15, 0.2) is 65.5 Å². The molecule has 1 unspecified atom stereocenters. The number of hydrogen-bond acceptors (Lipinski definition) is 3. The predicted molar refractivity (Wildman–Crippen MR) is 81.7 cm³/mol. The molecular weight excluding hydrogens is 262 g/mol. The van der Waals surface area contributed by atoms with Gasteiger partial charge in [-0.05, 0) is 24.6 Å². The zero-order valence-corrected chi connectivity index (χ0v) is 12.1. The lowest BCUT2D eigenvalue weighted by atomic mass is 10.0. The van der Waals surface area contributed by atoms with Gasteiger partial charge in [-0.15, -0.1) is 0 Å². The fourth-order valence-electron chi connectivity index (χ4n) is 2.47. The van der Waals surface area contributed by atoms with E-state index in [9.17, 15) is 0 Å². The molecule has 0 amide bonds. The SMILES string of the molecule is CCn1ccnc1CNC(c1ccccc1)c1ccco1. The van der Waals surface area contributed by atoms with Crippen LogP contribution in [0.3, 0.4) is 0 Å². The summed E-state index contributed by atoms with van der Waals surface area (Å²) in [6.45, 7) is 3.74. The second-order valence-electron chi connectivity index (χ2n) is 4.87. The van der Waals surface area contributed by atoms with Gasteiger partial charge in [0.15, 0.2) is 0 Å². The Kier molecular flexibility index (Phi) is 4.17. The second-order valence-corrected chi connectivity index (χ2v) is 4.87. The molecule has 21 heavy (non-hydrogen) atoms. The van der Waals surface area contributed by atoms with Crippen LogP contribution in [0.1, 0.15) is 30.1 Å². The number of aromatic nitrogens is 2. The molecule has 0 bridgehead atoms. The van der Waals surface area contributed by atoms with Gasteiger partial charge in [0.1, 0.15) is 11.6 Å². The largest absolute Gasteiger partial charge is 0.467 e. The number of rotatable bonds is 6. The Morgan fingerprint density at radius 1 is 1.19 bits per heavy atom. The molecule has 108 valence electrons. The third-order valence-corrected chi connectivity index (χ3v) is 3.57. The maximum Gasteiger partial charge on any atom is 0.125 e. The highest BCUT2D eigenvalue weighted by Gasteiger charge is 2.16. The first-order chi connectivity index (χ1) is 10.4. The van der Waals surface area contributed by atoms with Crippen molar-refractivity contribution in [3.63, 3.8) is 0 Å². The van der Waals surface area contributed by atoms with Crippen LogP contribution in [0.25, 0.3) is 0 Å². The third kappa shape index (κ3) is 3.06. The third-order valence-electron chi connectivity index (χ3n) is 3.57. The normalized spacial score (nSPS) is 12.4. The van der Waals surface area contributed by atoms with Gasteiger partial charge in [-0.3, -0.25) is 5.32 Å². The number of hydrogen-bond donors (Lipinski definition) is 1. The Bertz CT molecular complexity index is 658. The Hall–Kier alpha value is -2.33. The van der Waals surface area contributed by atoms with E-state index in [1.165, 1.54) is 5.56 Å². The molecule has 1 aromatic carbocycles. The number of nitrogens with zero attached hydrogens (tertiary/aromatic N) is 2. The molecule has 0 spiro atoms. The van der Waals surface area contributed by atoms with Crippen molar-refractivity contribution in [1.29, 1.82) is 0 Å². The number of imidazole rings is 1. The molecular formula is C17H19N3O. The van der Waals surface area contributed by atoms with Gasteiger partial charge in [0, 0.05) is 18.9 Å². The van der Waals surface area contributed by atoms with Crippen LogP contribution in [0, 0.1) is 0 Å². The Labute approximate surface area is 124 Å². The van der Waals surface area contributed by atoms with Gasteiger partial charge in [0.25, 0.3) is 0 Å². The van der Waals surface area contributed by atoms with Crippen molar-refractivity contribution in [3.8, 4) is 0 Å². The lowest BCUT2D eigenvalue weighted by Crippen LogP contribution is -2.23. The van der Waals surface area contributed by atoms with Gasteiger partial charge in [0.2, 0.25) is 0 Å². The number of benzene rings is 1. The summed E-state index contributed by atoms with van der Waals surface area (Å²) in [7, 11) is 0. The van der Waals surface area contributed by atoms with E-state index in [1.54, 1.807) is 6.26 Å². The van der Waals surface area contributed by atoms with Crippen molar-refractivity contribution >= 4 is 0 Å². The summed E-state index contributed by atoms with van der Waals surface area (Å²) < 4.78 is 7.72. The number of nitrogens with one attached hydrogen (secondary N) is 1. The molecule has 0 aliphatic heterocycles. The summed E-state index contributed by atoms with van der Waals surface area (Å²) in [5.74, 6) is 1.95. The minimum Gasteiger partial charge on any atom is -0.467 e. The van der Waals surface area contributed by atoms with Crippen molar-refractivity contribution in [2.24, 2.45) is 0 Å². The fourth-order valence-corrected chi connectivity index (χ4v) is 2.47. The van der Waals surface area contributed by atoms with Crippen LogP contribution < -0.4 is 5.32 Å². The van der Waals surface area contributed by atoms with Gasteiger partial charge < -0.3 is 8.98 Å². The lowest BCUT2D eigenvalue weighted by Gasteiger charge is -2.17. The second kappa shape index (κ2) is 6.41. The van der Waals surface area contributed by atoms with E-state index in [0.29, 0.717) is 6.54 Å². The predicted octanol–water partition coefficient (Wildman–Crippen LogP) is 3.38. The van der Waals surface area contributed by atoms with Crippen LogP contribution in [0.4, 0.5) is 0 Å². The molecule has 2 aromatic heterocycles. The molecule has 0 saturated carbocycles. The van der Waals surface area contributed by atoms with E-state index in [-0.39, 0.29) is 6.04 Å². The number of aryl methyl sites for hydroxylation is 1. The van der Waals surface area contributed by atoms with E-state index < -0.39 is 0 Å². The van der Waals surface area contributed by atoms with Crippen molar-refractivity contribution in [2.75, 3.05) is 0 Å². The molecule has 1 atom stereocenters.